The lowest BCUT2D eigenvalue weighted by molar-refractivity contribution is 0.394. The van der Waals surface area contributed by atoms with Crippen molar-refractivity contribution in [2.24, 2.45) is 0 Å². The number of anilines is 1. The highest BCUT2D eigenvalue weighted by molar-refractivity contribution is 7.80. The van der Waals surface area contributed by atoms with Crippen molar-refractivity contribution < 1.29 is 9.47 Å². The van der Waals surface area contributed by atoms with Gasteiger partial charge in [0.25, 0.3) is 0 Å². The van der Waals surface area contributed by atoms with E-state index < -0.39 is 0 Å². The van der Waals surface area contributed by atoms with Crippen LogP contribution in [0.1, 0.15) is 47.2 Å². The summed E-state index contributed by atoms with van der Waals surface area (Å²) in [5, 5.41) is 4.19. The molecule has 7 heteroatoms. The highest BCUT2D eigenvalue weighted by atomic mass is 32.1. The van der Waals surface area contributed by atoms with Gasteiger partial charge in [0.2, 0.25) is 0 Å². The molecule has 3 heterocycles. The molecule has 37 heavy (non-hydrogen) atoms. The lowest BCUT2D eigenvalue weighted by Gasteiger charge is -2.29. The zero-order valence-corrected chi connectivity index (χ0v) is 22.7. The van der Waals surface area contributed by atoms with Gasteiger partial charge in [0.1, 0.15) is 11.5 Å². The van der Waals surface area contributed by atoms with Gasteiger partial charge in [-0.25, -0.2) is 0 Å². The van der Waals surface area contributed by atoms with Crippen LogP contribution in [0.4, 0.5) is 5.69 Å². The molecule has 0 unspecified atom stereocenters. The van der Waals surface area contributed by atoms with Crippen molar-refractivity contribution in [1.82, 2.24) is 14.9 Å². The van der Waals surface area contributed by atoms with Crippen molar-refractivity contribution in [3.8, 4) is 17.2 Å². The van der Waals surface area contributed by atoms with E-state index in [0.29, 0.717) is 10.9 Å². The SMILES string of the molecule is CCc1ccccc1-n1c(C)cc([C@@H]2[C@@H](c3ccccn3)NC(=S)N2c2ccc(OC)cc2OC)c1C. The average molecular weight is 513 g/mol. The Morgan fingerprint density at radius 1 is 0.946 bits per heavy atom. The molecular formula is C30H32N4O2S. The van der Waals surface area contributed by atoms with E-state index in [1.54, 1.807) is 14.2 Å². The molecule has 2 aromatic heterocycles. The maximum absolute atomic E-state index is 5.95. The molecule has 2 atom stereocenters. The Labute approximate surface area is 223 Å². The number of ether oxygens (including phenoxy) is 2. The Balaban J connectivity index is 1.71. The number of hydrogen-bond donors (Lipinski definition) is 1. The normalized spacial score (nSPS) is 17.1. The first kappa shape index (κ1) is 24.8. The monoisotopic (exact) mass is 512 g/mol. The van der Waals surface area contributed by atoms with Crippen LogP contribution in [-0.2, 0) is 6.42 Å². The molecule has 0 saturated carbocycles. The summed E-state index contributed by atoms with van der Waals surface area (Å²) < 4.78 is 13.6. The first-order chi connectivity index (χ1) is 18.0. The topological polar surface area (TPSA) is 51.6 Å². The van der Waals surface area contributed by atoms with E-state index >= 15 is 0 Å². The van der Waals surface area contributed by atoms with Gasteiger partial charge in [-0.05, 0) is 80.0 Å². The number of benzene rings is 2. The van der Waals surface area contributed by atoms with E-state index in [1.807, 2.05) is 42.6 Å². The predicted molar refractivity (Wildman–Crippen MR) is 152 cm³/mol. The van der Waals surface area contributed by atoms with Gasteiger partial charge < -0.3 is 24.3 Å². The summed E-state index contributed by atoms with van der Waals surface area (Å²) in [5.41, 5.74) is 7.87. The van der Waals surface area contributed by atoms with Crippen LogP contribution >= 0.6 is 12.2 Å². The number of aryl methyl sites for hydroxylation is 2. The minimum absolute atomic E-state index is 0.140. The van der Waals surface area contributed by atoms with Gasteiger partial charge in [-0.1, -0.05) is 31.2 Å². The second-order valence-corrected chi connectivity index (χ2v) is 9.57. The Morgan fingerprint density at radius 2 is 1.73 bits per heavy atom. The zero-order valence-electron chi connectivity index (χ0n) is 21.9. The van der Waals surface area contributed by atoms with Gasteiger partial charge in [0.05, 0.1) is 37.7 Å². The summed E-state index contributed by atoms with van der Waals surface area (Å²) in [6.45, 7) is 6.55. The molecule has 1 fully saturated rings. The van der Waals surface area contributed by atoms with Gasteiger partial charge in [-0.2, -0.15) is 0 Å². The minimum atomic E-state index is -0.143. The maximum Gasteiger partial charge on any atom is 0.174 e. The fourth-order valence-corrected chi connectivity index (χ4v) is 5.74. The molecule has 0 amide bonds. The number of para-hydroxylation sites is 1. The first-order valence-electron chi connectivity index (χ1n) is 12.5. The lowest BCUT2D eigenvalue weighted by Crippen LogP contribution is -2.30. The number of nitrogens with zero attached hydrogens (tertiary/aromatic N) is 3. The summed E-state index contributed by atoms with van der Waals surface area (Å²) in [4.78, 5) is 6.86. The number of methoxy groups -OCH3 is 2. The fourth-order valence-electron chi connectivity index (χ4n) is 5.40. The van der Waals surface area contributed by atoms with E-state index in [0.717, 1.165) is 23.6 Å². The van der Waals surface area contributed by atoms with Crippen LogP contribution in [0.2, 0.25) is 0 Å². The number of rotatable bonds is 7. The lowest BCUT2D eigenvalue weighted by atomic mass is 9.96. The number of thiocarbonyl (C=S) groups is 1. The van der Waals surface area contributed by atoms with Crippen LogP contribution in [0.15, 0.2) is 72.9 Å². The van der Waals surface area contributed by atoms with E-state index in [-0.39, 0.29) is 12.1 Å². The molecule has 190 valence electrons. The standard InChI is InChI=1S/C30H32N4O2S/c1-6-21-11-7-8-13-25(21)33-19(2)17-23(20(33)3)29-28(24-12-9-10-16-31-24)32-30(37)34(29)26-15-14-22(35-4)18-27(26)36-5/h7-18,28-29H,6H2,1-5H3,(H,32,37)/t28-,29-/m1/s1. The third-order valence-corrected chi connectivity index (χ3v) is 7.46. The molecule has 0 bridgehead atoms. The van der Waals surface area contributed by atoms with E-state index in [2.05, 4.69) is 65.9 Å². The summed E-state index contributed by atoms with van der Waals surface area (Å²) in [5.74, 6) is 1.42. The van der Waals surface area contributed by atoms with Crippen LogP contribution in [0.3, 0.4) is 0 Å². The molecule has 5 rings (SSSR count). The van der Waals surface area contributed by atoms with Gasteiger partial charge in [0.15, 0.2) is 5.11 Å². The summed E-state index contributed by atoms with van der Waals surface area (Å²) in [6, 6.07) is 22.4. The molecule has 1 aliphatic heterocycles. The molecule has 2 aromatic carbocycles. The van der Waals surface area contributed by atoms with E-state index in [9.17, 15) is 0 Å². The number of aromatic nitrogens is 2. The Bertz CT molecular complexity index is 1430. The largest absolute Gasteiger partial charge is 0.497 e. The zero-order chi connectivity index (χ0) is 26.1. The highest BCUT2D eigenvalue weighted by Gasteiger charge is 2.43. The van der Waals surface area contributed by atoms with E-state index in [1.165, 1.54) is 28.2 Å². The third-order valence-electron chi connectivity index (χ3n) is 7.15. The average Bonchev–Trinajstić information content (AvgIpc) is 3.43. The van der Waals surface area contributed by atoms with Crippen LogP contribution in [0, 0.1) is 13.8 Å². The minimum Gasteiger partial charge on any atom is -0.497 e. The first-order valence-corrected chi connectivity index (χ1v) is 12.9. The van der Waals surface area contributed by atoms with Crippen molar-refractivity contribution in [2.45, 2.75) is 39.3 Å². The highest BCUT2D eigenvalue weighted by Crippen LogP contribution is 2.46. The molecule has 0 aliphatic carbocycles. The molecule has 1 saturated heterocycles. The van der Waals surface area contributed by atoms with Crippen molar-refractivity contribution in [2.75, 3.05) is 19.1 Å². The predicted octanol–water partition coefficient (Wildman–Crippen LogP) is 6.25. The molecular weight excluding hydrogens is 480 g/mol. The van der Waals surface area contributed by atoms with Crippen molar-refractivity contribution >= 4 is 23.0 Å². The van der Waals surface area contributed by atoms with Crippen LogP contribution in [-0.4, -0.2) is 28.9 Å². The third kappa shape index (κ3) is 4.33. The molecule has 6 nitrogen and oxygen atoms in total. The Kier molecular flexibility index (Phi) is 6.89. The second kappa shape index (κ2) is 10.3. The molecule has 0 radical (unpaired) electrons. The summed E-state index contributed by atoms with van der Waals surface area (Å²) in [7, 11) is 3.32. The van der Waals surface area contributed by atoms with Gasteiger partial charge in [-0.15, -0.1) is 0 Å². The van der Waals surface area contributed by atoms with Crippen LogP contribution < -0.4 is 19.7 Å². The van der Waals surface area contributed by atoms with E-state index in [4.69, 9.17) is 26.7 Å². The molecule has 4 aromatic rings. The van der Waals surface area contributed by atoms with Gasteiger partial charge in [0, 0.05) is 29.3 Å². The number of pyridine rings is 1. The molecule has 0 spiro atoms. The molecule has 1 N–H and O–H groups in total. The summed E-state index contributed by atoms with van der Waals surface area (Å²) >= 11 is 5.95. The second-order valence-electron chi connectivity index (χ2n) is 9.18. The van der Waals surface area contributed by atoms with Crippen LogP contribution in [0.25, 0.3) is 5.69 Å². The van der Waals surface area contributed by atoms with Crippen LogP contribution in [0.5, 0.6) is 11.5 Å². The Hall–Kier alpha value is -3.84. The van der Waals surface area contributed by atoms with Crippen molar-refractivity contribution in [1.29, 1.82) is 0 Å². The molecule has 1 aliphatic rings. The van der Waals surface area contributed by atoms with Gasteiger partial charge in [-0.3, -0.25) is 4.98 Å². The van der Waals surface area contributed by atoms with Gasteiger partial charge >= 0.3 is 0 Å². The number of nitrogens with one attached hydrogen (secondary N) is 1. The van der Waals surface area contributed by atoms with Crippen molar-refractivity contribution in [3.63, 3.8) is 0 Å². The Morgan fingerprint density at radius 3 is 2.43 bits per heavy atom. The quantitative estimate of drug-likeness (QED) is 0.296. The smallest absolute Gasteiger partial charge is 0.174 e. The fraction of sp³-hybridized carbons (Fsp3) is 0.267. The summed E-state index contributed by atoms with van der Waals surface area (Å²) in [6.07, 6.45) is 2.79. The van der Waals surface area contributed by atoms with Crippen molar-refractivity contribution in [3.05, 3.63) is 101 Å². The maximum atomic E-state index is 5.95. The number of hydrogen-bond acceptors (Lipinski definition) is 4.